The molecule has 3 heterocycles. The average Bonchev–Trinajstić information content (AvgIpc) is 2.62. The first-order valence-electron chi connectivity index (χ1n) is 8.66. The summed E-state index contributed by atoms with van der Waals surface area (Å²) in [4.78, 5) is 13.0. The molecule has 2 N–H and O–H groups in total. The molecule has 0 aliphatic carbocycles. The van der Waals surface area contributed by atoms with Crippen LogP contribution in [0.5, 0.6) is 5.88 Å². The van der Waals surface area contributed by atoms with E-state index in [-0.39, 0.29) is 6.10 Å². The van der Waals surface area contributed by atoms with E-state index in [0.29, 0.717) is 18.1 Å². The third-order valence-electron chi connectivity index (χ3n) is 4.35. The zero-order chi connectivity index (χ0) is 17.6. The summed E-state index contributed by atoms with van der Waals surface area (Å²) in [6.45, 7) is 5.37. The first kappa shape index (κ1) is 17.5. The van der Waals surface area contributed by atoms with Crippen molar-refractivity contribution in [3.05, 3.63) is 35.4 Å². The zero-order valence-corrected chi connectivity index (χ0v) is 14.7. The lowest BCUT2D eigenvalue weighted by Gasteiger charge is -2.24. The van der Waals surface area contributed by atoms with E-state index in [9.17, 15) is 4.39 Å². The van der Waals surface area contributed by atoms with Crippen LogP contribution in [0.25, 0.3) is 0 Å². The second-order valence-corrected chi connectivity index (χ2v) is 6.22. The first-order chi connectivity index (χ1) is 12.2. The predicted molar refractivity (Wildman–Crippen MR) is 95.2 cm³/mol. The second kappa shape index (κ2) is 8.20. The summed E-state index contributed by atoms with van der Waals surface area (Å²) >= 11 is 0. The normalized spacial score (nSPS) is 15.2. The Bertz CT molecular complexity index is 719. The molecule has 134 valence electrons. The Kier molecular flexibility index (Phi) is 5.75. The summed E-state index contributed by atoms with van der Waals surface area (Å²) < 4.78 is 18.5. The molecule has 1 aliphatic heterocycles. The molecule has 1 aliphatic rings. The molecule has 1 saturated heterocycles. The van der Waals surface area contributed by atoms with Crippen LogP contribution in [0.3, 0.4) is 0 Å². The summed E-state index contributed by atoms with van der Waals surface area (Å²) in [5.41, 5.74) is 3.27. The molecule has 0 aromatic carbocycles. The van der Waals surface area contributed by atoms with Crippen LogP contribution in [0.1, 0.15) is 29.8 Å². The van der Waals surface area contributed by atoms with Crippen molar-refractivity contribution >= 4 is 11.5 Å². The number of halogens is 1. The number of anilines is 2. The number of rotatable bonds is 6. The summed E-state index contributed by atoms with van der Waals surface area (Å²) in [5, 5.41) is 6.61. The van der Waals surface area contributed by atoms with Gasteiger partial charge in [0, 0.05) is 12.1 Å². The van der Waals surface area contributed by atoms with Crippen molar-refractivity contribution in [2.24, 2.45) is 0 Å². The van der Waals surface area contributed by atoms with Gasteiger partial charge >= 0.3 is 0 Å². The standard InChI is InChI=1S/C18H24FN5O/c1-12-17(24-16-4-3-14(5-8-19)23-13(16)2)21-11-22-18(12)25-15-6-9-20-10-7-15/h3-4,11,15,20H,5-10H2,1-2H3,(H,21,22,24). The van der Waals surface area contributed by atoms with Crippen molar-refractivity contribution in [1.82, 2.24) is 20.3 Å². The Morgan fingerprint density at radius 3 is 2.76 bits per heavy atom. The van der Waals surface area contributed by atoms with Gasteiger partial charge in [-0.2, -0.15) is 0 Å². The van der Waals surface area contributed by atoms with Crippen LogP contribution < -0.4 is 15.4 Å². The van der Waals surface area contributed by atoms with Crippen molar-refractivity contribution in [3.8, 4) is 5.88 Å². The SMILES string of the molecule is Cc1nc(CCF)ccc1Nc1ncnc(OC2CCNCC2)c1C. The number of hydrogen-bond donors (Lipinski definition) is 2. The molecular formula is C18H24FN5O. The number of nitrogens with zero attached hydrogens (tertiary/aromatic N) is 3. The Hall–Kier alpha value is -2.28. The van der Waals surface area contributed by atoms with Gasteiger partial charge in [0.15, 0.2) is 0 Å². The maximum Gasteiger partial charge on any atom is 0.221 e. The van der Waals surface area contributed by atoms with Gasteiger partial charge in [0.25, 0.3) is 0 Å². The van der Waals surface area contributed by atoms with Gasteiger partial charge in [0.2, 0.25) is 5.88 Å². The van der Waals surface area contributed by atoms with E-state index in [1.807, 2.05) is 26.0 Å². The lowest BCUT2D eigenvalue weighted by molar-refractivity contribution is 0.154. The molecule has 3 rings (SSSR count). The fraction of sp³-hybridized carbons (Fsp3) is 0.500. The minimum absolute atomic E-state index is 0.186. The fourth-order valence-electron chi connectivity index (χ4n) is 2.86. The van der Waals surface area contributed by atoms with E-state index < -0.39 is 6.67 Å². The summed E-state index contributed by atoms with van der Waals surface area (Å²) in [6.07, 6.45) is 3.98. The molecular weight excluding hydrogens is 321 g/mol. The molecule has 2 aromatic heterocycles. The van der Waals surface area contributed by atoms with Gasteiger partial charge in [-0.05, 0) is 51.9 Å². The van der Waals surface area contributed by atoms with E-state index in [4.69, 9.17) is 4.74 Å². The van der Waals surface area contributed by atoms with Crippen molar-refractivity contribution < 1.29 is 9.13 Å². The maximum absolute atomic E-state index is 12.5. The number of aromatic nitrogens is 3. The molecule has 0 radical (unpaired) electrons. The molecule has 0 atom stereocenters. The fourth-order valence-corrected chi connectivity index (χ4v) is 2.86. The van der Waals surface area contributed by atoms with E-state index >= 15 is 0 Å². The molecule has 0 unspecified atom stereocenters. The number of piperidine rings is 1. The topological polar surface area (TPSA) is 72.0 Å². The number of ether oxygens (including phenoxy) is 1. The van der Waals surface area contributed by atoms with Crippen LogP contribution in [0, 0.1) is 13.8 Å². The molecule has 0 amide bonds. The molecule has 1 fully saturated rings. The van der Waals surface area contributed by atoms with Crippen LogP contribution in [0.2, 0.25) is 0 Å². The lowest BCUT2D eigenvalue weighted by Crippen LogP contribution is -2.34. The highest BCUT2D eigenvalue weighted by atomic mass is 19.1. The van der Waals surface area contributed by atoms with Gasteiger partial charge in [-0.1, -0.05) is 0 Å². The number of aryl methyl sites for hydroxylation is 2. The monoisotopic (exact) mass is 345 g/mol. The summed E-state index contributed by atoms with van der Waals surface area (Å²) in [7, 11) is 0. The maximum atomic E-state index is 12.5. The number of pyridine rings is 1. The van der Waals surface area contributed by atoms with E-state index in [1.54, 1.807) is 0 Å². The highest BCUT2D eigenvalue weighted by molar-refractivity contribution is 5.62. The zero-order valence-electron chi connectivity index (χ0n) is 14.7. The van der Waals surface area contributed by atoms with Gasteiger partial charge in [-0.15, -0.1) is 0 Å². The quantitative estimate of drug-likeness (QED) is 0.839. The Morgan fingerprint density at radius 1 is 1.24 bits per heavy atom. The largest absolute Gasteiger partial charge is 0.474 e. The van der Waals surface area contributed by atoms with E-state index in [2.05, 4.69) is 25.6 Å². The smallest absolute Gasteiger partial charge is 0.221 e. The van der Waals surface area contributed by atoms with Crippen LogP contribution in [-0.2, 0) is 6.42 Å². The first-order valence-corrected chi connectivity index (χ1v) is 8.66. The highest BCUT2D eigenvalue weighted by Crippen LogP contribution is 2.26. The van der Waals surface area contributed by atoms with Crippen molar-refractivity contribution in [2.75, 3.05) is 25.1 Å². The molecule has 0 saturated carbocycles. The highest BCUT2D eigenvalue weighted by Gasteiger charge is 2.18. The Labute approximate surface area is 147 Å². The second-order valence-electron chi connectivity index (χ2n) is 6.22. The average molecular weight is 345 g/mol. The minimum atomic E-state index is -0.401. The van der Waals surface area contributed by atoms with Crippen LogP contribution in [0.15, 0.2) is 18.5 Å². The number of alkyl halides is 1. The predicted octanol–water partition coefficient (Wildman–Crippen LogP) is 2.87. The third kappa shape index (κ3) is 4.42. The van der Waals surface area contributed by atoms with Gasteiger partial charge in [0.05, 0.1) is 23.6 Å². The Morgan fingerprint density at radius 2 is 2.04 bits per heavy atom. The molecule has 0 bridgehead atoms. The van der Waals surface area contributed by atoms with Gasteiger partial charge in [-0.25, -0.2) is 9.97 Å². The molecule has 7 heteroatoms. The number of nitrogens with one attached hydrogen (secondary N) is 2. The minimum Gasteiger partial charge on any atom is -0.474 e. The lowest BCUT2D eigenvalue weighted by atomic mass is 10.1. The Balaban J connectivity index is 1.75. The van der Waals surface area contributed by atoms with Crippen LogP contribution in [-0.4, -0.2) is 40.8 Å². The molecule has 6 nitrogen and oxygen atoms in total. The van der Waals surface area contributed by atoms with Crippen molar-refractivity contribution in [2.45, 2.75) is 39.2 Å². The number of hydrogen-bond acceptors (Lipinski definition) is 6. The third-order valence-corrected chi connectivity index (χ3v) is 4.35. The van der Waals surface area contributed by atoms with E-state index in [1.165, 1.54) is 6.33 Å². The van der Waals surface area contributed by atoms with Crippen LogP contribution in [0.4, 0.5) is 15.9 Å². The molecule has 2 aromatic rings. The van der Waals surface area contributed by atoms with Gasteiger partial charge in [0.1, 0.15) is 18.2 Å². The van der Waals surface area contributed by atoms with Crippen molar-refractivity contribution in [1.29, 1.82) is 0 Å². The van der Waals surface area contributed by atoms with Gasteiger partial charge < -0.3 is 15.4 Å². The molecule has 25 heavy (non-hydrogen) atoms. The summed E-state index contributed by atoms with van der Waals surface area (Å²) in [6, 6.07) is 3.74. The molecule has 0 spiro atoms. The van der Waals surface area contributed by atoms with Crippen LogP contribution >= 0.6 is 0 Å². The van der Waals surface area contributed by atoms with Crippen molar-refractivity contribution in [3.63, 3.8) is 0 Å². The van der Waals surface area contributed by atoms with Gasteiger partial charge in [-0.3, -0.25) is 9.37 Å². The summed E-state index contributed by atoms with van der Waals surface area (Å²) in [5.74, 6) is 1.31. The van der Waals surface area contributed by atoms with E-state index in [0.717, 1.165) is 48.6 Å².